The molecular formula is C51H29N3O2S. The molecule has 0 spiro atoms. The van der Waals surface area contributed by atoms with Crippen LogP contribution in [0, 0.1) is 0 Å². The van der Waals surface area contributed by atoms with Crippen molar-refractivity contribution in [3.8, 4) is 56.4 Å². The van der Waals surface area contributed by atoms with Crippen molar-refractivity contribution in [2.75, 3.05) is 0 Å². The van der Waals surface area contributed by atoms with Crippen LogP contribution in [0.2, 0.25) is 0 Å². The molecular weight excluding hydrogens is 719 g/mol. The molecule has 0 radical (unpaired) electrons. The first-order valence-corrected chi connectivity index (χ1v) is 19.7. The lowest BCUT2D eigenvalue weighted by atomic mass is 9.94. The summed E-state index contributed by atoms with van der Waals surface area (Å²) in [6.45, 7) is 0. The van der Waals surface area contributed by atoms with E-state index in [1.165, 1.54) is 20.2 Å². The number of para-hydroxylation sites is 3. The van der Waals surface area contributed by atoms with Gasteiger partial charge in [0.15, 0.2) is 17.5 Å². The van der Waals surface area contributed by atoms with Crippen molar-refractivity contribution in [2.24, 2.45) is 0 Å². The number of aromatic nitrogens is 3. The van der Waals surface area contributed by atoms with Crippen LogP contribution in [0.25, 0.3) is 120 Å². The van der Waals surface area contributed by atoms with Gasteiger partial charge in [0, 0.05) is 58.4 Å². The maximum Gasteiger partial charge on any atom is 0.167 e. The fourth-order valence-electron chi connectivity index (χ4n) is 8.25. The molecule has 0 aliphatic rings. The lowest BCUT2D eigenvalue weighted by Crippen LogP contribution is -2.00. The molecule has 4 aromatic heterocycles. The van der Waals surface area contributed by atoms with Gasteiger partial charge in [-0.3, -0.25) is 0 Å². The number of rotatable bonds is 5. The number of benzene rings is 8. The van der Waals surface area contributed by atoms with Crippen LogP contribution >= 0.6 is 11.3 Å². The maximum atomic E-state index is 6.69. The smallest absolute Gasteiger partial charge is 0.167 e. The van der Waals surface area contributed by atoms with Crippen molar-refractivity contribution in [3.05, 3.63) is 176 Å². The van der Waals surface area contributed by atoms with Gasteiger partial charge in [-0.25, -0.2) is 15.0 Å². The fraction of sp³-hybridized carbons (Fsp3) is 0. The Hall–Kier alpha value is -7.41. The largest absolute Gasteiger partial charge is 0.455 e. The number of hydrogen-bond acceptors (Lipinski definition) is 6. The van der Waals surface area contributed by atoms with E-state index in [0.29, 0.717) is 17.5 Å². The molecule has 0 aliphatic heterocycles. The molecule has 0 bridgehead atoms. The van der Waals surface area contributed by atoms with Crippen LogP contribution in [-0.2, 0) is 0 Å². The molecule has 0 saturated carbocycles. The number of nitrogens with zero attached hydrogens (tertiary/aromatic N) is 3. The third-order valence-electron chi connectivity index (χ3n) is 11.0. The van der Waals surface area contributed by atoms with Crippen LogP contribution < -0.4 is 0 Å². The van der Waals surface area contributed by atoms with Crippen LogP contribution in [0.15, 0.2) is 185 Å². The highest BCUT2D eigenvalue weighted by atomic mass is 32.1. The van der Waals surface area contributed by atoms with E-state index in [9.17, 15) is 0 Å². The highest BCUT2D eigenvalue weighted by Crippen LogP contribution is 2.44. The second kappa shape index (κ2) is 12.6. The van der Waals surface area contributed by atoms with E-state index in [2.05, 4.69) is 109 Å². The number of fused-ring (bicyclic) bond motifs is 9. The highest BCUT2D eigenvalue weighted by Gasteiger charge is 2.20. The monoisotopic (exact) mass is 747 g/mol. The van der Waals surface area contributed by atoms with Crippen molar-refractivity contribution in [1.29, 1.82) is 0 Å². The van der Waals surface area contributed by atoms with Crippen LogP contribution in [0.5, 0.6) is 0 Å². The van der Waals surface area contributed by atoms with Crippen LogP contribution in [0.3, 0.4) is 0 Å². The maximum absolute atomic E-state index is 6.69. The van der Waals surface area contributed by atoms with Gasteiger partial charge in [0.1, 0.15) is 22.3 Å². The minimum atomic E-state index is 0.559. The summed E-state index contributed by atoms with van der Waals surface area (Å²) in [5.41, 5.74) is 10.4. The van der Waals surface area contributed by atoms with Crippen LogP contribution in [-0.4, -0.2) is 15.0 Å². The van der Waals surface area contributed by atoms with Crippen molar-refractivity contribution < 1.29 is 8.83 Å². The second-order valence-electron chi connectivity index (χ2n) is 14.3. The number of hydrogen-bond donors (Lipinski definition) is 0. The average molecular weight is 748 g/mol. The summed E-state index contributed by atoms with van der Waals surface area (Å²) in [5, 5.41) is 6.85. The first kappa shape index (κ1) is 31.9. The Morgan fingerprint density at radius 3 is 1.74 bits per heavy atom. The third-order valence-corrected chi connectivity index (χ3v) is 12.1. The first-order chi connectivity index (χ1) is 28.2. The minimum absolute atomic E-state index is 0.559. The predicted molar refractivity (Wildman–Crippen MR) is 234 cm³/mol. The van der Waals surface area contributed by atoms with Crippen LogP contribution in [0.4, 0.5) is 0 Å². The van der Waals surface area contributed by atoms with E-state index in [1.807, 2.05) is 78.1 Å². The molecule has 12 aromatic rings. The van der Waals surface area contributed by atoms with Crippen molar-refractivity contribution >= 4 is 75.4 Å². The summed E-state index contributed by atoms with van der Waals surface area (Å²) in [4.78, 5) is 15.1. The van der Waals surface area contributed by atoms with Crippen molar-refractivity contribution in [2.45, 2.75) is 0 Å². The Labute approximate surface area is 330 Å². The Morgan fingerprint density at radius 2 is 0.912 bits per heavy atom. The Kier molecular flexibility index (Phi) is 7.03. The zero-order chi connectivity index (χ0) is 37.5. The van der Waals surface area contributed by atoms with Gasteiger partial charge < -0.3 is 8.83 Å². The summed E-state index contributed by atoms with van der Waals surface area (Å²) in [7, 11) is 0. The van der Waals surface area contributed by atoms with Gasteiger partial charge in [0.2, 0.25) is 0 Å². The lowest BCUT2D eigenvalue weighted by Gasteiger charge is -2.11. The highest BCUT2D eigenvalue weighted by molar-refractivity contribution is 7.25. The van der Waals surface area contributed by atoms with Gasteiger partial charge in [-0.15, -0.1) is 11.3 Å². The molecule has 6 heteroatoms. The molecule has 8 aromatic carbocycles. The van der Waals surface area contributed by atoms with Gasteiger partial charge in [0.25, 0.3) is 0 Å². The minimum Gasteiger partial charge on any atom is -0.455 e. The quantitative estimate of drug-likeness (QED) is 0.175. The molecule has 0 aliphatic carbocycles. The molecule has 266 valence electrons. The summed E-state index contributed by atoms with van der Waals surface area (Å²) < 4.78 is 15.7. The molecule has 57 heavy (non-hydrogen) atoms. The van der Waals surface area contributed by atoms with Gasteiger partial charge >= 0.3 is 0 Å². The predicted octanol–water partition coefficient (Wildman–Crippen LogP) is 14.4. The summed E-state index contributed by atoms with van der Waals surface area (Å²) >= 11 is 1.83. The average Bonchev–Trinajstić information content (AvgIpc) is 3.98. The van der Waals surface area contributed by atoms with E-state index in [-0.39, 0.29) is 0 Å². The van der Waals surface area contributed by atoms with Crippen LogP contribution in [0.1, 0.15) is 0 Å². The van der Waals surface area contributed by atoms with Gasteiger partial charge in [0.05, 0.1) is 5.56 Å². The van der Waals surface area contributed by atoms with E-state index >= 15 is 0 Å². The van der Waals surface area contributed by atoms with E-state index in [1.54, 1.807) is 0 Å². The summed E-state index contributed by atoms with van der Waals surface area (Å²) in [6, 6.07) is 60.9. The first-order valence-electron chi connectivity index (χ1n) is 18.9. The molecule has 0 atom stereocenters. The second-order valence-corrected chi connectivity index (χ2v) is 15.4. The Morgan fingerprint density at radius 1 is 0.333 bits per heavy atom. The summed E-state index contributed by atoms with van der Waals surface area (Å²) in [5.74, 6) is 1.75. The fourth-order valence-corrected chi connectivity index (χ4v) is 9.40. The van der Waals surface area contributed by atoms with Crippen molar-refractivity contribution in [1.82, 2.24) is 15.0 Å². The van der Waals surface area contributed by atoms with E-state index in [4.69, 9.17) is 23.8 Å². The Balaban J connectivity index is 0.989. The SMILES string of the molecule is c1ccc(-c2nc(-c3ccc(-c4ccc(-c5ccc6c(c5)sc5ccccc56)c5oc6ccccc6c45)cc3)nc(-c3cccc4c3oc3ccccc34)n2)cc1. The summed E-state index contributed by atoms with van der Waals surface area (Å²) in [6.07, 6.45) is 0. The number of thiophene rings is 1. The Bertz CT molecular complexity index is 3530. The van der Waals surface area contributed by atoms with E-state index in [0.717, 1.165) is 82.8 Å². The molecule has 0 amide bonds. The molecule has 0 N–H and O–H groups in total. The van der Waals surface area contributed by atoms with Crippen molar-refractivity contribution in [3.63, 3.8) is 0 Å². The van der Waals surface area contributed by atoms with Gasteiger partial charge in [-0.1, -0.05) is 140 Å². The zero-order valence-electron chi connectivity index (χ0n) is 30.3. The molecule has 0 saturated heterocycles. The normalized spacial score (nSPS) is 11.9. The molecule has 0 unspecified atom stereocenters. The molecule has 4 heterocycles. The molecule has 12 rings (SSSR count). The topological polar surface area (TPSA) is 65.0 Å². The number of furan rings is 2. The lowest BCUT2D eigenvalue weighted by molar-refractivity contribution is 0.669. The van der Waals surface area contributed by atoms with Gasteiger partial charge in [-0.2, -0.15) is 0 Å². The van der Waals surface area contributed by atoms with Gasteiger partial charge in [-0.05, 0) is 53.1 Å². The van der Waals surface area contributed by atoms with E-state index < -0.39 is 0 Å². The molecule has 5 nitrogen and oxygen atoms in total. The third kappa shape index (κ3) is 5.12. The standard InChI is InChI=1S/C51H29N3O2S/c1-2-11-31(12-3-1)49-52-50(54-51(53-49)41-17-10-16-39-36-13-4-7-18-42(36)55-47(39)41)32-23-21-30(22-24-32)34-27-28-35(48-46(34)40-15-5-8-19-43(40)56-48)33-25-26-38-37-14-6-9-20-44(37)57-45(38)29-33/h1-29H. The molecule has 0 fully saturated rings. The zero-order valence-corrected chi connectivity index (χ0v) is 31.1.